The number of hydrogen-bond acceptors (Lipinski definition) is 4. The van der Waals surface area contributed by atoms with Crippen LogP contribution in [-0.2, 0) is 11.3 Å². The van der Waals surface area contributed by atoms with E-state index in [0.717, 1.165) is 0 Å². The molecule has 0 aliphatic heterocycles. The molecule has 0 radical (unpaired) electrons. The average Bonchev–Trinajstić information content (AvgIpc) is 2.68. The molecule has 1 atom stereocenters. The summed E-state index contributed by atoms with van der Waals surface area (Å²) in [5.41, 5.74) is 6.36. The third kappa shape index (κ3) is 2.42. The minimum absolute atomic E-state index is 0.164. The molecule has 17 heavy (non-hydrogen) atoms. The minimum atomic E-state index is -0.593. The van der Waals surface area contributed by atoms with E-state index in [0.29, 0.717) is 16.7 Å². The largest absolute Gasteiger partial charge is 0.356 e. The molecule has 0 fully saturated rings. The molecule has 1 heterocycles. The lowest BCUT2D eigenvalue weighted by Crippen LogP contribution is -2.37. The number of carbonyl (C=O) groups is 1. The first-order chi connectivity index (χ1) is 8.08. The van der Waals surface area contributed by atoms with Gasteiger partial charge in [-0.05, 0) is 25.1 Å². The number of nitrogens with one attached hydrogen (secondary N) is 1. The third-order valence-electron chi connectivity index (χ3n) is 2.35. The number of benzene rings is 1. The van der Waals surface area contributed by atoms with Crippen molar-refractivity contribution < 1.29 is 13.7 Å². The van der Waals surface area contributed by atoms with Gasteiger partial charge in [-0.2, -0.15) is 0 Å². The lowest BCUT2D eigenvalue weighted by Gasteiger charge is -2.05. The number of hydrogen-bond donors (Lipinski definition) is 2. The van der Waals surface area contributed by atoms with Gasteiger partial charge < -0.3 is 15.6 Å². The van der Waals surface area contributed by atoms with Crippen LogP contribution in [0.3, 0.4) is 0 Å². The molecule has 0 saturated carbocycles. The summed E-state index contributed by atoms with van der Waals surface area (Å²) in [6.07, 6.45) is 0. The molecule has 1 aromatic heterocycles. The Bertz CT molecular complexity index is 551. The Morgan fingerprint density at radius 2 is 2.41 bits per heavy atom. The smallest absolute Gasteiger partial charge is 0.236 e. The van der Waals surface area contributed by atoms with Crippen LogP contribution in [0.4, 0.5) is 4.39 Å². The van der Waals surface area contributed by atoms with Crippen LogP contribution in [0.5, 0.6) is 0 Å². The van der Waals surface area contributed by atoms with Crippen LogP contribution in [0.1, 0.15) is 12.6 Å². The Morgan fingerprint density at radius 1 is 1.65 bits per heavy atom. The highest BCUT2D eigenvalue weighted by atomic mass is 19.1. The van der Waals surface area contributed by atoms with E-state index in [1.807, 2.05) is 0 Å². The van der Waals surface area contributed by atoms with E-state index in [4.69, 9.17) is 10.3 Å². The molecule has 1 aromatic carbocycles. The van der Waals surface area contributed by atoms with Gasteiger partial charge in [0.1, 0.15) is 11.5 Å². The zero-order valence-corrected chi connectivity index (χ0v) is 9.24. The maximum Gasteiger partial charge on any atom is 0.236 e. The van der Waals surface area contributed by atoms with Crippen LogP contribution in [0, 0.1) is 5.82 Å². The number of rotatable bonds is 3. The first-order valence-corrected chi connectivity index (χ1v) is 5.15. The van der Waals surface area contributed by atoms with Gasteiger partial charge in [0, 0.05) is 5.39 Å². The molecule has 1 amide bonds. The molecule has 2 aromatic rings. The van der Waals surface area contributed by atoms with Crippen molar-refractivity contribution in [3.63, 3.8) is 0 Å². The molecule has 3 N–H and O–H groups in total. The number of halogens is 1. The molecule has 90 valence electrons. The molecule has 6 heteroatoms. The zero-order valence-electron chi connectivity index (χ0n) is 9.24. The summed E-state index contributed by atoms with van der Waals surface area (Å²) in [6.45, 7) is 1.74. The zero-order chi connectivity index (χ0) is 12.4. The van der Waals surface area contributed by atoms with Crippen molar-refractivity contribution >= 4 is 16.9 Å². The predicted molar refractivity (Wildman–Crippen MR) is 59.5 cm³/mol. The summed E-state index contributed by atoms with van der Waals surface area (Å²) in [4.78, 5) is 11.3. The second-order valence-corrected chi connectivity index (χ2v) is 3.78. The van der Waals surface area contributed by atoms with Gasteiger partial charge in [-0.25, -0.2) is 4.39 Å². The van der Waals surface area contributed by atoms with E-state index < -0.39 is 6.04 Å². The van der Waals surface area contributed by atoms with Gasteiger partial charge >= 0.3 is 0 Å². The van der Waals surface area contributed by atoms with Crippen molar-refractivity contribution in [2.24, 2.45) is 5.73 Å². The molecule has 0 bridgehead atoms. The Morgan fingerprint density at radius 3 is 3.12 bits per heavy atom. The van der Waals surface area contributed by atoms with E-state index >= 15 is 0 Å². The molecular formula is C11H12FN3O2. The lowest BCUT2D eigenvalue weighted by atomic mass is 10.2. The summed E-state index contributed by atoms with van der Waals surface area (Å²) in [5, 5.41) is 6.91. The fraction of sp³-hybridized carbons (Fsp3) is 0.273. The molecule has 0 spiro atoms. The maximum absolute atomic E-state index is 13.0. The van der Waals surface area contributed by atoms with E-state index in [9.17, 15) is 9.18 Å². The molecule has 2 rings (SSSR count). The standard InChI is InChI=1S/C11H12FN3O2/c1-6(13)11(16)14-5-9-8-4-7(12)2-3-10(8)17-15-9/h2-4,6H,5,13H2,1H3,(H,14,16)/t6-/m0/s1. The molecule has 5 nitrogen and oxygen atoms in total. The normalized spacial score (nSPS) is 12.6. The molecule has 0 unspecified atom stereocenters. The van der Waals surface area contributed by atoms with E-state index in [1.165, 1.54) is 18.2 Å². The fourth-order valence-corrected chi connectivity index (χ4v) is 1.42. The monoisotopic (exact) mass is 237 g/mol. The predicted octanol–water partition coefficient (Wildman–Crippen LogP) is 0.930. The minimum Gasteiger partial charge on any atom is -0.356 e. The second kappa shape index (κ2) is 4.50. The topological polar surface area (TPSA) is 81.2 Å². The van der Waals surface area contributed by atoms with Crippen molar-refractivity contribution in [1.82, 2.24) is 10.5 Å². The average molecular weight is 237 g/mol. The number of amides is 1. The van der Waals surface area contributed by atoms with Crippen molar-refractivity contribution in [1.29, 1.82) is 0 Å². The van der Waals surface area contributed by atoms with Gasteiger partial charge in [0.2, 0.25) is 5.91 Å². The summed E-state index contributed by atoms with van der Waals surface area (Å²) in [7, 11) is 0. The molecular weight excluding hydrogens is 225 g/mol. The van der Waals surface area contributed by atoms with Gasteiger partial charge in [0.15, 0.2) is 5.58 Å². The lowest BCUT2D eigenvalue weighted by molar-refractivity contribution is -0.122. The Hall–Kier alpha value is -1.95. The van der Waals surface area contributed by atoms with Gasteiger partial charge in [-0.15, -0.1) is 0 Å². The van der Waals surface area contributed by atoms with E-state index in [-0.39, 0.29) is 18.3 Å². The summed E-state index contributed by atoms with van der Waals surface area (Å²) < 4.78 is 18.0. The number of nitrogens with two attached hydrogens (primary N) is 1. The van der Waals surface area contributed by atoms with Crippen LogP contribution in [-0.4, -0.2) is 17.1 Å². The Labute approximate surface area is 96.8 Å². The third-order valence-corrected chi connectivity index (χ3v) is 2.35. The highest BCUT2D eigenvalue weighted by Crippen LogP contribution is 2.19. The van der Waals surface area contributed by atoms with Crippen LogP contribution >= 0.6 is 0 Å². The van der Waals surface area contributed by atoms with Crippen molar-refractivity contribution in [3.8, 4) is 0 Å². The van der Waals surface area contributed by atoms with Gasteiger partial charge in [0.05, 0.1) is 12.6 Å². The van der Waals surface area contributed by atoms with Crippen LogP contribution < -0.4 is 11.1 Å². The van der Waals surface area contributed by atoms with Crippen molar-refractivity contribution in [2.75, 3.05) is 0 Å². The number of carbonyl (C=O) groups excluding carboxylic acids is 1. The highest BCUT2D eigenvalue weighted by molar-refractivity contribution is 5.82. The highest BCUT2D eigenvalue weighted by Gasteiger charge is 2.12. The first-order valence-electron chi connectivity index (χ1n) is 5.15. The van der Waals surface area contributed by atoms with Crippen LogP contribution in [0.2, 0.25) is 0 Å². The van der Waals surface area contributed by atoms with E-state index in [2.05, 4.69) is 10.5 Å². The summed E-state index contributed by atoms with van der Waals surface area (Å²) in [5.74, 6) is -0.668. The van der Waals surface area contributed by atoms with Crippen molar-refractivity contribution in [3.05, 3.63) is 29.7 Å². The van der Waals surface area contributed by atoms with Crippen LogP contribution in [0.25, 0.3) is 11.0 Å². The SMILES string of the molecule is C[C@H](N)C(=O)NCc1noc2ccc(F)cc12. The summed E-state index contributed by atoms with van der Waals surface area (Å²) in [6, 6.07) is 3.51. The molecule has 0 saturated heterocycles. The van der Waals surface area contributed by atoms with Gasteiger partial charge in [0.25, 0.3) is 0 Å². The number of aromatic nitrogens is 1. The Balaban J connectivity index is 2.19. The second-order valence-electron chi connectivity index (χ2n) is 3.78. The number of nitrogens with zero attached hydrogens (tertiary/aromatic N) is 1. The first kappa shape index (κ1) is 11.5. The quantitative estimate of drug-likeness (QED) is 0.832. The Kier molecular flexibility index (Phi) is 3.06. The molecule has 0 aliphatic rings. The van der Waals surface area contributed by atoms with Crippen molar-refractivity contribution in [2.45, 2.75) is 19.5 Å². The summed E-state index contributed by atoms with van der Waals surface area (Å²) >= 11 is 0. The number of fused-ring (bicyclic) bond motifs is 1. The van der Waals surface area contributed by atoms with Gasteiger partial charge in [-0.1, -0.05) is 5.16 Å². The fourth-order valence-electron chi connectivity index (χ4n) is 1.42. The molecule has 0 aliphatic carbocycles. The van der Waals surface area contributed by atoms with Gasteiger partial charge in [-0.3, -0.25) is 4.79 Å². The van der Waals surface area contributed by atoms with E-state index in [1.54, 1.807) is 6.92 Å². The van der Waals surface area contributed by atoms with Crippen LogP contribution in [0.15, 0.2) is 22.7 Å². The maximum atomic E-state index is 13.0.